The molecule has 0 rings (SSSR count). The number of carbonyl (C=O) groups is 2. The second-order valence-electron chi connectivity index (χ2n) is 5.31. The van der Waals surface area contributed by atoms with E-state index in [-0.39, 0.29) is 30.5 Å². The topological polar surface area (TPSA) is 87.7 Å². The van der Waals surface area contributed by atoms with Gasteiger partial charge in [-0.1, -0.05) is 13.8 Å². The summed E-state index contributed by atoms with van der Waals surface area (Å²) in [5.41, 5.74) is 0. The average Bonchev–Trinajstić information content (AvgIpc) is 2.33. The van der Waals surface area contributed by atoms with Gasteiger partial charge in [0.25, 0.3) is 0 Å². The molecule has 0 radical (unpaired) electrons. The van der Waals surface area contributed by atoms with Crippen molar-refractivity contribution in [2.75, 3.05) is 13.2 Å². The predicted molar refractivity (Wildman–Crippen MR) is 77.7 cm³/mol. The van der Waals surface area contributed by atoms with Crippen LogP contribution in [0.3, 0.4) is 0 Å². The summed E-state index contributed by atoms with van der Waals surface area (Å²) < 4.78 is 5.35. The van der Waals surface area contributed by atoms with Crippen LogP contribution in [-0.4, -0.2) is 42.4 Å². The third-order valence-corrected chi connectivity index (χ3v) is 3.03. The van der Waals surface area contributed by atoms with Gasteiger partial charge in [-0.15, -0.1) is 0 Å². The van der Waals surface area contributed by atoms with Gasteiger partial charge >= 0.3 is 12.0 Å². The summed E-state index contributed by atoms with van der Waals surface area (Å²) in [6, 6.07) is -0.304. The van der Waals surface area contributed by atoms with E-state index in [1.807, 2.05) is 27.7 Å². The Morgan fingerprint density at radius 2 is 1.85 bits per heavy atom. The second-order valence-corrected chi connectivity index (χ2v) is 5.31. The van der Waals surface area contributed by atoms with Gasteiger partial charge < -0.3 is 20.5 Å². The van der Waals surface area contributed by atoms with Crippen LogP contribution in [0.15, 0.2) is 0 Å². The molecule has 0 aromatic rings. The molecule has 20 heavy (non-hydrogen) atoms. The van der Waals surface area contributed by atoms with E-state index < -0.39 is 5.97 Å². The molecule has 2 unspecified atom stereocenters. The van der Waals surface area contributed by atoms with E-state index in [0.29, 0.717) is 26.1 Å². The maximum Gasteiger partial charge on any atom is 0.315 e. The van der Waals surface area contributed by atoms with Crippen LogP contribution in [0.1, 0.15) is 47.0 Å². The van der Waals surface area contributed by atoms with Crippen molar-refractivity contribution in [3.63, 3.8) is 0 Å². The Labute approximate surface area is 121 Å². The lowest BCUT2D eigenvalue weighted by Crippen LogP contribution is -2.49. The van der Waals surface area contributed by atoms with Crippen LogP contribution in [0.4, 0.5) is 4.79 Å². The number of hydrogen-bond donors (Lipinski definition) is 3. The van der Waals surface area contributed by atoms with Crippen molar-refractivity contribution in [3.05, 3.63) is 0 Å². The molecule has 0 saturated heterocycles. The quantitative estimate of drug-likeness (QED) is 0.573. The molecule has 0 fully saturated rings. The summed E-state index contributed by atoms with van der Waals surface area (Å²) in [7, 11) is 0. The molecular weight excluding hydrogens is 260 g/mol. The van der Waals surface area contributed by atoms with Gasteiger partial charge in [0.15, 0.2) is 0 Å². The van der Waals surface area contributed by atoms with Crippen molar-refractivity contribution in [2.45, 2.75) is 59.0 Å². The van der Waals surface area contributed by atoms with Crippen molar-refractivity contribution < 1.29 is 19.4 Å². The maximum atomic E-state index is 11.8. The fourth-order valence-electron chi connectivity index (χ4n) is 1.71. The minimum absolute atomic E-state index is 0.0267. The van der Waals surface area contributed by atoms with Crippen LogP contribution in [0.5, 0.6) is 0 Å². The minimum Gasteiger partial charge on any atom is -0.481 e. The molecule has 0 aromatic carbocycles. The van der Waals surface area contributed by atoms with Gasteiger partial charge in [0, 0.05) is 19.1 Å². The molecule has 0 spiro atoms. The summed E-state index contributed by atoms with van der Waals surface area (Å²) in [5.74, 6) is -0.521. The van der Waals surface area contributed by atoms with Gasteiger partial charge in [0.2, 0.25) is 0 Å². The number of nitrogens with one attached hydrogen (secondary N) is 2. The van der Waals surface area contributed by atoms with Crippen LogP contribution >= 0.6 is 0 Å². The zero-order valence-corrected chi connectivity index (χ0v) is 12.9. The predicted octanol–water partition coefficient (Wildman–Crippen LogP) is 1.99. The molecule has 2 atom stereocenters. The van der Waals surface area contributed by atoms with Gasteiger partial charge in [0.1, 0.15) is 0 Å². The third kappa shape index (κ3) is 9.61. The molecule has 6 heteroatoms. The van der Waals surface area contributed by atoms with E-state index in [0.717, 1.165) is 0 Å². The van der Waals surface area contributed by atoms with Crippen molar-refractivity contribution in [1.29, 1.82) is 0 Å². The first kappa shape index (κ1) is 18.7. The average molecular weight is 288 g/mol. The van der Waals surface area contributed by atoms with Crippen LogP contribution in [0.2, 0.25) is 0 Å². The lowest BCUT2D eigenvalue weighted by molar-refractivity contribution is -0.137. The summed E-state index contributed by atoms with van der Waals surface area (Å²) in [6.45, 7) is 8.96. The van der Waals surface area contributed by atoms with Crippen LogP contribution in [-0.2, 0) is 9.53 Å². The lowest BCUT2D eigenvalue weighted by atomic mass is 10.1. The molecule has 0 aliphatic rings. The zero-order valence-electron chi connectivity index (χ0n) is 12.9. The highest BCUT2D eigenvalue weighted by molar-refractivity contribution is 5.74. The highest BCUT2D eigenvalue weighted by Gasteiger charge is 2.17. The molecule has 0 bridgehead atoms. The van der Waals surface area contributed by atoms with Gasteiger partial charge in [0.05, 0.1) is 12.6 Å². The summed E-state index contributed by atoms with van der Waals surface area (Å²) in [6.07, 6.45) is 1.34. The number of carboxylic acid groups (broad SMARTS) is 1. The summed E-state index contributed by atoms with van der Waals surface area (Å²) >= 11 is 0. The number of carbonyl (C=O) groups excluding carboxylic acids is 1. The third-order valence-electron chi connectivity index (χ3n) is 3.03. The Balaban J connectivity index is 4.01. The smallest absolute Gasteiger partial charge is 0.315 e. The van der Waals surface area contributed by atoms with Crippen LogP contribution < -0.4 is 10.6 Å². The van der Waals surface area contributed by atoms with Gasteiger partial charge in [-0.25, -0.2) is 4.79 Å². The molecule has 0 aliphatic carbocycles. The second kappa shape index (κ2) is 10.5. The maximum absolute atomic E-state index is 11.8. The van der Waals surface area contributed by atoms with E-state index in [9.17, 15) is 9.59 Å². The number of ether oxygens (including phenoxy) is 1. The number of urea groups is 1. The Hall–Kier alpha value is -1.30. The lowest BCUT2D eigenvalue weighted by Gasteiger charge is -2.23. The molecule has 118 valence electrons. The molecule has 2 amide bonds. The first-order valence-electron chi connectivity index (χ1n) is 7.23. The molecule has 0 aliphatic heterocycles. The number of aliphatic carboxylic acids is 1. The minimum atomic E-state index is -0.807. The first-order valence-corrected chi connectivity index (χ1v) is 7.23. The number of amides is 2. The number of carboxylic acids is 1. The summed E-state index contributed by atoms with van der Waals surface area (Å²) in [5, 5.41) is 14.3. The fraction of sp³-hybridized carbons (Fsp3) is 0.857. The van der Waals surface area contributed by atoms with Gasteiger partial charge in [-0.05, 0) is 32.6 Å². The standard InChI is InChI=1S/C14H28N2O4/c1-5-20-9-12(10(2)3)16-14(19)15-11(4)7-6-8-13(17)18/h10-12H,5-9H2,1-4H3,(H,17,18)(H2,15,16,19). The van der Waals surface area contributed by atoms with E-state index in [4.69, 9.17) is 9.84 Å². The van der Waals surface area contributed by atoms with E-state index in [2.05, 4.69) is 10.6 Å². The fourth-order valence-corrected chi connectivity index (χ4v) is 1.71. The number of rotatable bonds is 10. The van der Waals surface area contributed by atoms with E-state index in [1.54, 1.807) is 0 Å². The zero-order chi connectivity index (χ0) is 15.5. The van der Waals surface area contributed by atoms with Crippen LogP contribution in [0.25, 0.3) is 0 Å². The Bertz CT molecular complexity index is 295. The van der Waals surface area contributed by atoms with Gasteiger partial charge in [-0.2, -0.15) is 0 Å². The highest BCUT2D eigenvalue weighted by atomic mass is 16.5. The molecule has 3 N–H and O–H groups in total. The van der Waals surface area contributed by atoms with Crippen molar-refractivity contribution in [2.24, 2.45) is 5.92 Å². The van der Waals surface area contributed by atoms with Crippen molar-refractivity contribution in [1.82, 2.24) is 10.6 Å². The molecule has 6 nitrogen and oxygen atoms in total. The van der Waals surface area contributed by atoms with Crippen LogP contribution in [0, 0.1) is 5.92 Å². The Kier molecular flexibility index (Phi) is 9.80. The SMILES string of the molecule is CCOCC(NC(=O)NC(C)CCCC(=O)O)C(C)C. The first-order chi connectivity index (χ1) is 9.36. The van der Waals surface area contributed by atoms with E-state index in [1.165, 1.54) is 0 Å². The monoisotopic (exact) mass is 288 g/mol. The molecule has 0 heterocycles. The normalized spacial score (nSPS) is 13.8. The summed E-state index contributed by atoms with van der Waals surface area (Å²) in [4.78, 5) is 22.2. The van der Waals surface area contributed by atoms with Crippen molar-refractivity contribution in [3.8, 4) is 0 Å². The molecule has 0 saturated carbocycles. The highest BCUT2D eigenvalue weighted by Crippen LogP contribution is 2.03. The Morgan fingerprint density at radius 1 is 1.20 bits per heavy atom. The Morgan fingerprint density at radius 3 is 2.35 bits per heavy atom. The molecule has 0 aromatic heterocycles. The number of hydrogen-bond acceptors (Lipinski definition) is 3. The van der Waals surface area contributed by atoms with E-state index >= 15 is 0 Å². The molecular formula is C14H28N2O4. The van der Waals surface area contributed by atoms with Gasteiger partial charge in [-0.3, -0.25) is 4.79 Å². The largest absolute Gasteiger partial charge is 0.481 e. The van der Waals surface area contributed by atoms with Crippen molar-refractivity contribution >= 4 is 12.0 Å².